The lowest BCUT2D eigenvalue weighted by Gasteiger charge is -2.08. The molecule has 5 heteroatoms. The molecule has 2 aromatic rings. The summed E-state index contributed by atoms with van der Waals surface area (Å²) in [6.07, 6.45) is 0. The predicted octanol–water partition coefficient (Wildman–Crippen LogP) is 3.63. The minimum absolute atomic E-state index is 0.0938. The maximum absolute atomic E-state index is 5.77. The molecule has 1 aromatic heterocycles. The Bertz CT molecular complexity index is 520. The number of anilines is 1. The topological polar surface area (TPSA) is 61.0 Å². The Morgan fingerprint density at radius 1 is 1.17 bits per heavy atom. The van der Waals surface area contributed by atoms with Gasteiger partial charge in [-0.3, -0.25) is 0 Å². The molecule has 0 aliphatic carbocycles. The van der Waals surface area contributed by atoms with E-state index in [1.165, 1.54) is 11.6 Å². The molecule has 0 saturated heterocycles. The van der Waals surface area contributed by atoms with Crippen LogP contribution >= 0.6 is 11.6 Å². The highest BCUT2D eigenvalue weighted by Crippen LogP contribution is 2.24. The fraction of sp³-hybridized carbons (Fsp3) is 0.231. The molecule has 0 fully saturated rings. The van der Waals surface area contributed by atoms with Crippen molar-refractivity contribution < 1.29 is 4.74 Å². The first-order valence-corrected chi connectivity index (χ1v) is 6.00. The maximum atomic E-state index is 5.77. The smallest absolute Gasteiger partial charge is 0.225 e. The number of hydrogen-bond acceptors (Lipinski definition) is 4. The Morgan fingerprint density at radius 2 is 1.83 bits per heavy atom. The lowest BCUT2D eigenvalue weighted by molar-refractivity contribution is 0.462. The largest absolute Gasteiger partial charge is 0.439 e. The minimum Gasteiger partial charge on any atom is -0.439 e. The Kier molecular flexibility index (Phi) is 3.67. The summed E-state index contributed by atoms with van der Waals surface area (Å²) in [6, 6.07) is 9.34. The van der Waals surface area contributed by atoms with Crippen LogP contribution in [0.3, 0.4) is 0 Å². The van der Waals surface area contributed by atoms with Gasteiger partial charge in [0, 0.05) is 6.07 Å². The molecule has 0 unspecified atom stereocenters. The lowest BCUT2D eigenvalue weighted by Crippen LogP contribution is -1.97. The average Bonchev–Trinajstić information content (AvgIpc) is 2.28. The summed E-state index contributed by atoms with van der Waals surface area (Å²) in [5.41, 5.74) is 6.74. The molecular formula is C13H14ClN3O. The van der Waals surface area contributed by atoms with Crippen molar-refractivity contribution in [1.29, 1.82) is 0 Å². The van der Waals surface area contributed by atoms with Gasteiger partial charge in [-0.1, -0.05) is 37.6 Å². The van der Waals surface area contributed by atoms with Crippen LogP contribution in [0, 0.1) is 0 Å². The monoisotopic (exact) mass is 263 g/mol. The van der Waals surface area contributed by atoms with Crippen LogP contribution in [-0.4, -0.2) is 9.97 Å². The van der Waals surface area contributed by atoms with Crippen LogP contribution in [0.15, 0.2) is 30.3 Å². The highest BCUT2D eigenvalue weighted by molar-refractivity contribution is 6.29. The Hall–Kier alpha value is -1.81. The molecule has 4 nitrogen and oxygen atoms in total. The summed E-state index contributed by atoms with van der Waals surface area (Å²) >= 11 is 5.77. The van der Waals surface area contributed by atoms with E-state index in [9.17, 15) is 0 Å². The normalized spacial score (nSPS) is 10.7. The van der Waals surface area contributed by atoms with Crippen molar-refractivity contribution in [3.05, 3.63) is 41.0 Å². The molecule has 2 N–H and O–H groups in total. The van der Waals surface area contributed by atoms with E-state index >= 15 is 0 Å². The number of ether oxygens (including phenoxy) is 1. The number of aromatic nitrogens is 2. The van der Waals surface area contributed by atoms with Crippen LogP contribution in [0.1, 0.15) is 25.3 Å². The zero-order chi connectivity index (χ0) is 13.1. The number of benzene rings is 1. The molecule has 0 aliphatic rings. The van der Waals surface area contributed by atoms with Gasteiger partial charge in [0.25, 0.3) is 0 Å². The van der Waals surface area contributed by atoms with Crippen molar-refractivity contribution in [2.75, 3.05) is 5.73 Å². The van der Waals surface area contributed by atoms with Crippen LogP contribution in [-0.2, 0) is 0 Å². The summed E-state index contributed by atoms with van der Waals surface area (Å²) in [6.45, 7) is 4.28. The van der Waals surface area contributed by atoms with Crippen molar-refractivity contribution in [2.24, 2.45) is 0 Å². The van der Waals surface area contributed by atoms with Gasteiger partial charge in [-0.2, -0.15) is 4.98 Å². The van der Waals surface area contributed by atoms with Crippen LogP contribution in [0.25, 0.3) is 0 Å². The average molecular weight is 264 g/mol. The van der Waals surface area contributed by atoms with Crippen molar-refractivity contribution in [1.82, 2.24) is 9.97 Å². The van der Waals surface area contributed by atoms with Gasteiger partial charge in [0.1, 0.15) is 10.9 Å². The summed E-state index contributed by atoms with van der Waals surface area (Å²) in [5, 5.41) is 0.260. The maximum Gasteiger partial charge on any atom is 0.225 e. The molecule has 1 aromatic carbocycles. The number of nitrogens with zero attached hydrogens (tertiary/aromatic N) is 2. The van der Waals surface area contributed by atoms with Crippen molar-refractivity contribution in [2.45, 2.75) is 19.8 Å². The zero-order valence-corrected chi connectivity index (χ0v) is 11.0. The zero-order valence-electron chi connectivity index (χ0n) is 10.2. The first-order chi connectivity index (χ1) is 8.54. The molecule has 18 heavy (non-hydrogen) atoms. The van der Waals surface area contributed by atoms with Gasteiger partial charge in [0.2, 0.25) is 11.8 Å². The fourth-order valence-electron chi connectivity index (χ4n) is 1.51. The van der Waals surface area contributed by atoms with Gasteiger partial charge >= 0.3 is 0 Å². The highest BCUT2D eigenvalue weighted by atomic mass is 35.5. The third-order valence-electron chi connectivity index (χ3n) is 2.46. The number of halogens is 1. The van der Waals surface area contributed by atoms with Crippen LogP contribution in [0.5, 0.6) is 11.6 Å². The molecule has 1 heterocycles. The van der Waals surface area contributed by atoms with Crippen molar-refractivity contribution >= 4 is 17.5 Å². The fourth-order valence-corrected chi connectivity index (χ4v) is 1.69. The highest BCUT2D eigenvalue weighted by Gasteiger charge is 2.04. The van der Waals surface area contributed by atoms with Gasteiger partial charge in [-0.05, 0) is 23.6 Å². The van der Waals surface area contributed by atoms with E-state index in [0.717, 1.165) is 0 Å². The van der Waals surface area contributed by atoms with Gasteiger partial charge < -0.3 is 10.5 Å². The summed E-state index contributed by atoms with van der Waals surface area (Å²) in [5.74, 6) is 1.61. The standard InChI is InChI=1S/C13H14ClN3O/c1-8(2)9-3-5-10(6-4-9)18-12-7-11(14)16-13(15)17-12/h3-8H,1-2H3,(H2,15,16,17). The van der Waals surface area contributed by atoms with E-state index in [2.05, 4.69) is 23.8 Å². The second-order valence-electron chi connectivity index (χ2n) is 4.21. The summed E-state index contributed by atoms with van der Waals surface area (Å²) < 4.78 is 5.56. The van der Waals surface area contributed by atoms with E-state index in [-0.39, 0.29) is 11.1 Å². The van der Waals surface area contributed by atoms with Crippen molar-refractivity contribution in [3.63, 3.8) is 0 Å². The van der Waals surface area contributed by atoms with Crippen LogP contribution in [0.2, 0.25) is 5.15 Å². The summed E-state index contributed by atoms with van der Waals surface area (Å²) in [7, 11) is 0. The van der Waals surface area contributed by atoms with E-state index < -0.39 is 0 Å². The third kappa shape index (κ3) is 3.11. The SMILES string of the molecule is CC(C)c1ccc(Oc2cc(Cl)nc(N)n2)cc1. The second kappa shape index (κ2) is 5.23. The molecule has 0 aliphatic heterocycles. The first-order valence-electron chi connectivity index (χ1n) is 5.62. The third-order valence-corrected chi connectivity index (χ3v) is 2.65. The van der Waals surface area contributed by atoms with Gasteiger partial charge in [0.15, 0.2) is 0 Å². The molecule has 0 saturated carbocycles. The van der Waals surface area contributed by atoms with Gasteiger partial charge in [0.05, 0.1) is 0 Å². The quantitative estimate of drug-likeness (QED) is 0.859. The number of hydrogen-bond donors (Lipinski definition) is 1. The first kappa shape index (κ1) is 12.6. The molecule has 0 amide bonds. The second-order valence-corrected chi connectivity index (χ2v) is 4.60. The van der Waals surface area contributed by atoms with E-state index in [4.69, 9.17) is 22.1 Å². The number of rotatable bonds is 3. The van der Waals surface area contributed by atoms with Crippen molar-refractivity contribution in [3.8, 4) is 11.6 Å². The Morgan fingerprint density at radius 3 is 2.39 bits per heavy atom. The van der Waals surface area contributed by atoms with E-state index in [0.29, 0.717) is 17.5 Å². The Balaban J connectivity index is 2.18. The van der Waals surface area contributed by atoms with Crippen LogP contribution < -0.4 is 10.5 Å². The van der Waals surface area contributed by atoms with Gasteiger partial charge in [-0.15, -0.1) is 0 Å². The molecular weight excluding hydrogens is 250 g/mol. The number of nitrogen functional groups attached to an aromatic ring is 1. The minimum atomic E-state index is 0.0938. The molecule has 94 valence electrons. The van der Waals surface area contributed by atoms with Crippen LogP contribution in [0.4, 0.5) is 5.95 Å². The molecule has 0 bridgehead atoms. The molecule has 0 spiro atoms. The Labute approximate surface area is 111 Å². The predicted molar refractivity (Wildman–Crippen MR) is 72.1 cm³/mol. The molecule has 0 radical (unpaired) electrons. The van der Waals surface area contributed by atoms with Gasteiger partial charge in [-0.25, -0.2) is 4.98 Å². The van der Waals surface area contributed by atoms with E-state index in [1.807, 2.05) is 24.3 Å². The lowest BCUT2D eigenvalue weighted by atomic mass is 10.0. The summed E-state index contributed by atoms with van der Waals surface area (Å²) in [4.78, 5) is 7.71. The molecule has 0 atom stereocenters. The molecule has 2 rings (SSSR count). The number of nitrogens with two attached hydrogens (primary N) is 1. The van der Waals surface area contributed by atoms with E-state index in [1.54, 1.807) is 0 Å².